The Hall–Kier alpha value is -1.09. The highest BCUT2D eigenvalue weighted by Crippen LogP contribution is 2.18. The number of aryl methyl sites for hydroxylation is 1. The van der Waals surface area contributed by atoms with Crippen molar-refractivity contribution < 1.29 is 13.9 Å². The third-order valence-electron chi connectivity index (χ3n) is 2.15. The molecule has 3 heteroatoms. The highest BCUT2D eigenvalue weighted by atomic mass is 19.1. The first kappa shape index (κ1) is 12.0. The Kier molecular flexibility index (Phi) is 5.12. The zero-order valence-electron chi connectivity index (χ0n) is 9.25. The van der Waals surface area contributed by atoms with Gasteiger partial charge in [-0.15, -0.1) is 0 Å². The van der Waals surface area contributed by atoms with E-state index in [4.69, 9.17) is 9.47 Å². The molecule has 0 saturated carbocycles. The lowest BCUT2D eigenvalue weighted by molar-refractivity contribution is 0.184. The van der Waals surface area contributed by atoms with Crippen LogP contribution in [0.15, 0.2) is 18.2 Å². The number of hydrogen-bond acceptors (Lipinski definition) is 2. The standard InChI is InChI=1S/C12H17FO2/c1-10-5-6-11(13)9-12(10)15-8-4-3-7-14-2/h5-6,9H,3-4,7-8H2,1-2H3. The summed E-state index contributed by atoms with van der Waals surface area (Å²) in [6.07, 6.45) is 1.88. The Morgan fingerprint density at radius 2 is 1.93 bits per heavy atom. The topological polar surface area (TPSA) is 18.5 Å². The summed E-state index contributed by atoms with van der Waals surface area (Å²) in [5, 5.41) is 0. The average molecular weight is 212 g/mol. The zero-order valence-corrected chi connectivity index (χ0v) is 9.25. The van der Waals surface area contributed by atoms with Gasteiger partial charge in [0.2, 0.25) is 0 Å². The summed E-state index contributed by atoms with van der Waals surface area (Å²) >= 11 is 0. The van der Waals surface area contributed by atoms with Gasteiger partial charge < -0.3 is 9.47 Å². The number of halogens is 1. The fraction of sp³-hybridized carbons (Fsp3) is 0.500. The average Bonchev–Trinajstić information content (AvgIpc) is 2.23. The SMILES string of the molecule is COCCCCOc1cc(F)ccc1C. The minimum atomic E-state index is -0.257. The van der Waals surface area contributed by atoms with E-state index in [0.717, 1.165) is 25.0 Å². The molecule has 0 bridgehead atoms. The lowest BCUT2D eigenvalue weighted by atomic mass is 10.2. The van der Waals surface area contributed by atoms with Crippen molar-refractivity contribution in [1.29, 1.82) is 0 Å². The number of hydrogen-bond donors (Lipinski definition) is 0. The molecular weight excluding hydrogens is 195 g/mol. The molecule has 0 aliphatic heterocycles. The van der Waals surface area contributed by atoms with E-state index in [1.807, 2.05) is 6.92 Å². The zero-order chi connectivity index (χ0) is 11.1. The molecule has 0 fully saturated rings. The number of rotatable bonds is 6. The second-order valence-electron chi connectivity index (χ2n) is 3.46. The van der Waals surface area contributed by atoms with Crippen molar-refractivity contribution in [3.8, 4) is 5.75 Å². The van der Waals surface area contributed by atoms with Crippen molar-refractivity contribution >= 4 is 0 Å². The molecule has 0 unspecified atom stereocenters. The Morgan fingerprint density at radius 1 is 1.20 bits per heavy atom. The van der Waals surface area contributed by atoms with Crippen LogP contribution in [0.4, 0.5) is 4.39 Å². The maximum absolute atomic E-state index is 12.9. The van der Waals surface area contributed by atoms with Crippen LogP contribution in [0.5, 0.6) is 5.75 Å². The summed E-state index contributed by atoms with van der Waals surface area (Å²) in [6, 6.07) is 4.58. The van der Waals surface area contributed by atoms with Crippen molar-refractivity contribution in [1.82, 2.24) is 0 Å². The molecule has 0 saturated heterocycles. The van der Waals surface area contributed by atoms with Crippen LogP contribution in [0.1, 0.15) is 18.4 Å². The van der Waals surface area contributed by atoms with Gasteiger partial charge in [0.1, 0.15) is 11.6 Å². The Morgan fingerprint density at radius 3 is 2.67 bits per heavy atom. The van der Waals surface area contributed by atoms with Gasteiger partial charge in [0.05, 0.1) is 6.61 Å². The molecule has 0 aliphatic rings. The highest BCUT2D eigenvalue weighted by Gasteiger charge is 2.00. The van der Waals surface area contributed by atoms with Crippen LogP contribution >= 0.6 is 0 Å². The molecule has 15 heavy (non-hydrogen) atoms. The first-order valence-electron chi connectivity index (χ1n) is 5.12. The molecule has 1 aromatic carbocycles. The minimum absolute atomic E-state index is 0.257. The largest absolute Gasteiger partial charge is 0.493 e. The van der Waals surface area contributed by atoms with Gasteiger partial charge in [0.25, 0.3) is 0 Å². The smallest absolute Gasteiger partial charge is 0.126 e. The van der Waals surface area contributed by atoms with E-state index in [-0.39, 0.29) is 5.82 Å². The second kappa shape index (κ2) is 6.40. The molecule has 0 radical (unpaired) electrons. The molecular formula is C12H17FO2. The molecule has 0 N–H and O–H groups in total. The number of methoxy groups -OCH3 is 1. The van der Waals surface area contributed by atoms with Gasteiger partial charge in [-0.3, -0.25) is 0 Å². The Balaban J connectivity index is 2.33. The van der Waals surface area contributed by atoms with Crippen molar-refractivity contribution in [3.63, 3.8) is 0 Å². The molecule has 1 rings (SSSR count). The summed E-state index contributed by atoms with van der Waals surface area (Å²) in [7, 11) is 1.68. The van der Waals surface area contributed by atoms with Gasteiger partial charge >= 0.3 is 0 Å². The highest BCUT2D eigenvalue weighted by molar-refractivity contribution is 5.32. The van der Waals surface area contributed by atoms with Gasteiger partial charge in [-0.05, 0) is 31.4 Å². The fourth-order valence-electron chi connectivity index (χ4n) is 1.26. The van der Waals surface area contributed by atoms with E-state index in [2.05, 4.69) is 0 Å². The molecule has 0 heterocycles. The normalized spacial score (nSPS) is 10.3. The van der Waals surface area contributed by atoms with Crippen molar-refractivity contribution in [2.24, 2.45) is 0 Å². The van der Waals surface area contributed by atoms with Crippen LogP contribution in [0.2, 0.25) is 0 Å². The van der Waals surface area contributed by atoms with E-state index < -0.39 is 0 Å². The maximum Gasteiger partial charge on any atom is 0.126 e. The maximum atomic E-state index is 12.9. The molecule has 0 amide bonds. The summed E-state index contributed by atoms with van der Waals surface area (Å²) in [5.41, 5.74) is 0.961. The van der Waals surface area contributed by atoms with Crippen LogP contribution in [0.25, 0.3) is 0 Å². The van der Waals surface area contributed by atoms with E-state index in [1.54, 1.807) is 13.2 Å². The third-order valence-corrected chi connectivity index (χ3v) is 2.15. The van der Waals surface area contributed by atoms with Crippen LogP contribution in [0.3, 0.4) is 0 Å². The van der Waals surface area contributed by atoms with Crippen LogP contribution in [0, 0.1) is 12.7 Å². The number of ether oxygens (including phenoxy) is 2. The summed E-state index contributed by atoms with van der Waals surface area (Å²) in [4.78, 5) is 0. The van der Waals surface area contributed by atoms with Gasteiger partial charge in [-0.2, -0.15) is 0 Å². The predicted octanol–water partition coefficient (Wildman–Crippen LogP) is 2.94. The molecule has 2 nitrogen and oxygen atoms in total. The summed E-state index contributed by atoms with van der Waals surface area (Å²) in [5.74, 6) is 0.375. The second-order valence-corrected chi connectivity index (χ2v) is 3.46. The van der Waals surface area contributed by atoms with Gasteiger partial charge in [-0.25, -0.2) is 4.39 Å². The van der Waals surface area contributed by atoms with Crippen molar-refractivity contribution in [3.05, 3.63) is 29.6 Å². The molecule has 84 valence electrons. The lowest BCUT2D eigenvalue weighted by Crippen LogP contribution is -2.01. The molecule has 0 atom stereocenters. The summed E-state index contributed by atoms with van der Waals surface area (Å²) in [6.45, 7) is 3.25. The van der Waals surface area contributed by atoms with Crippen LogP contribution < -0.4 is 4.74 Å². The van der Waals surface area contributed by atoms with E-state index >= 15 is 0 Å². The minimum Gasteiger partial charge on any atom is -0.493 e. The Bertz CT molecular complexity index is 300. The van der Waals surface area contributed by atoms with Gasteiger partial charge in [0.15, 0.2) is 0 Å². The van der Waals surface area contributed by atoms with Gasteiger partial charge in [-0.1, -0.05) is 6.07 Å². The van der Waals surface area contributed by atoms with Crippen molar-refractivity contribution in [2.75, 3.05) is 20.3 Å². The molecule has 0 aromatic heterocycles. The van der Waals surface area contributed by atoms with Gasteiger partial charge in [0, 0.05) is 19.8 Å². The third kappa shape index (κ3) is 4.30. The fourth-order valence-corrected chi connectivity index (χ4v) is 1.26. The monoisotopic (exact) mass is 212 g/mol. The molecule has 0 aliphatic carbocycles. The van der Waals surface area contributed by atoms with Crippen LogP contribution in [-0.2, 0) is 4.74 Å². The first-order valence-corrected chi connectivity index (χ1v) is 5.12. The van der Waals surface area contributed by atoms with E-state index in [1.165, 1.54) is 12.1 Å². The quantitative estimate of drug-likeness (QED) is 0.675. The Labute approximate surface area is 90.0 Å². The van der Waals surface area contributed by atoms with Crippen LogP contribution in [-0.4, -0.2) is 20.3 Å². The van der Waals surface area contributed by atoms with E-state index in [0.29, 0.717) is 12.4 Å². The molecule has 1 aromatic rings. The van der Waals surface area contributed by atoms with E-state index in [9.17, 15) is 4.39 Å². The number of benzene rings is 1. The lowest BCUT2D eigenvalue weighted by Gasteiger charge is -2.08. The summed E-state index contributed by atoms with van der Waals surface area (Å²) < 4.78 is 23.3. The predicted molar refractivity (Wildman–Crippen MR) is 57.7 cm³/mol. The van der Waals surface area contributed by atoms with Crippen molar-refractivity contribution in [2.45, 2.75) is 19.8 Å². The molecule has 0 spiro atoms. The number of unbranched alkanes of at least 4 members (excludes halogenated alkanes) is 1. The first-order chi connectivity index (χ1) is 7.24.